The zero-order chi connectivity index (χ0) is 11.4. The zero-order valence-corrected chi connectivity index (χ0v) is 8.97. The molecule has 0 aliphatic heterocycles. The van der Waals surface area contributed by atoms with Crippen LogP contribution >= 0.6 is 0 Å². The smallest absolute Gasteiger partial charge is 0.310 e. The van der Waals surface area contributed by atoms with E-state index in [1.807, 2.05) is 48.6 Å². The van der Waals surface area contributed by atoms with Gasteiger partial charge in [0.2, 0.25) is 0 Å². The first-order chi connectivity index (χ1) is 7.77. The highest BCUT2D eigenvalue weighted by Gasteiger charge is 2.22. The van der Waals surface area contributed by atoms with E-state index in [0.717, 1.165) is 17.6 Å². The van der Waals surface area contributed by atoms with Crippen molar-refractivity contribution >= 4 is 5.97 Å². The van der Waals surface area contributed by atoms with Gasteiger partial charge < -0.3 is 5.11 Å². The highest BCUT2D eigenvalue weighted by molar-refractivity contribution is 5.74. The first kappa shape index (κ1) is 10.7. The Morgan fingerprint density at radius 3 is 2.75 bits per heavy atom. The number of hydrogen-bond donors (Lipinski definition) is 1. The van der Waals surface area contributed by atoms with Crippen molar-refractivity contribution in [2.45, 2.75) is 12.8 Å². The molecular formula is C14H14O2. The summed E-state index contributed by atoms with van der Waals surface area (Å²) in [4.78, 5) is 11.1. The zero-order valence-electron chi connectivity index (χ0n) is 8.97. The maximum atomic E-state index is 11.1. The van der Waals surface area contributed by atoms with Crippen LogP contribution in [0.1, 0.15) is 12.0 Å². The van der Waals surface area contributed by atoms with E-state index in [1.54, 1.807) is 0 Å². The monoisotopic (exact) mass is 214 g/mol. The minimum Gasteiger partial charge on any atom is -0.481 e. The lowest BCUT2D eigenvalue weighted by Crippen LogP contribution is -2.18. The Hall–Kier alpha value is -1.83. The molecule has 0 amide bonds. The summed E-state index contributed by atoms with van der Waals surface area (Å²) in [5.41, 5.74) is 2.15. The molecule has 0 spiro atoms. The second kappa shape index (κ2) is 4.79. The van der Waals surface area contributed by atoms with E-state index in [4.69, 9.17) is 5.11 Å². The lowest BCUT2D eigenvalue weighted by atomic mass is 9.87. The van der Waals surface area contributed by atoms with Crippen molar-refractivity contribution in [2.24, 2.45) is 5.92 Å². The van der Waals surface area contributed by atoms with E-state index >= 15 is 0 Å². The third-order valence-corrected chi connectivity index (χ3v) is 2.81. The summed E-state index contributed by atoms with van der Waals surface area (Å²) in [6.07, 6.45) is 7.11. The molecule has 1 aliphatic carbocycles. The first-order valence-electron chi connectivity index (χ1n) is 5.39. The summed E-state index contributed by atoms with van der Waals surface area (Å²) in [6.45, 7) is 0. The van der Waals surface area contributed by atoms with Crippen LogP contribution in [0.4, 0.5) is 0 Å². The predicted octanol–water partition coefficient (Wildman–Crippen LogP) is 2.82. The summed E-state index contributed by atoms with van der Waals surface area (Å²) in [5.74, 6) is -1.09. The fourth-order valence-corrected chi connectivity index (χ4v) is 1.95. The van der Waals surface area contributed by atoms with Gasteiger partial charge in [-0.2, -0.15) is 0 Å². The van der Waals surface area contributed by atoms with Crippen LogP contribution in [0.3, 0.4) is 0 Å². The fourth-order valence-electron chi connectivity index (χ4n) is 1.95. The molecule has 1 aromatic carbocycles. The molecule has 1 aliphatic rings. The molecule has 16 heavy (non-hydrogen) atoms. The van der Waals surface area contributed by atoms with Crippen molar-refractivity contribution in [3.63, 3.8) is 0 Å². The highest BCUT2D eigenvalue weighted by atomic mass is 16.4. The lowest BCUT2D eigenvalue weighted by Gasteiger charge is -2.17. The second-order valence-electron chi connectivity index (χ2n) is 3.96. The molecule has 1 aromatic rings. The van der Waals surface area contributed by atoms with Gasteiger partial charge in [-0.25, -0.2) is 0 Å². The van der Waals surface area contributed by atoms with Gasteiger partial charge in [0.1, 0.15) is 0 Å². The highest BCUT2D eigenvalue weighted by Crippen LogP contribution is 2.24. The van der Waals surface area contributed by atoms with Gasteiger partial charge in [0.05, 0.1) is 5.92 Å². The Balaban J connectivity index is 2.16. The molecular weight excluding hydrogens is 200 g/mol. The molecule has 2 heteroatoms. The molecule has 1 N–H and O–H groups in total. The number of aliphatic carboxylic acids is 1. The SMILES string of the molecule is O=C(O)C1CC=CC=C1Cc1ccccc1. The van der Waals surface area contributed by atoms with Crippen LogP contribution in [0.2, 0.25) is 0 Å². The number of carboxylic acid groups (broad SMARTS) is 1. The normalized spacial score (nSPS) is 19.2. The number of carboxylic acids is 1. The van der Waals surface area contributed by atoms with Crippen molar-refractivity contribution in [3.05, 3.63) is 59.7 Å². The van der Waals surface area contributed by atoms with Gasteiger partial charge in [-0.15, -0.1) is 0 Å². The van der Waals surface area contributed by atoms with Gasteiger partial charge in [-0.1, -0.05) is 54.1 Å². The van der Waals surface area contributed by atoms with E-state index in [0.29, 0.717) is 6.42 Å². The fraction of sp³-hybridized carbons (Fsp3) is 0.214. The van der Waals surface area contributed by atoms with Gasteiger partial charge in [0.25, 0.3) is 0 Å². The van der Waals surface area contributed by atoms with Crippen LogP contribution in [0, 0.1) is 5.92 Å². The van der Waals surface area contributed by atoms with Crippen LogP contribution in [0.5, 0.6) is 0 Å². The molecule has 0 bridgehead atoms. The Morgan fingerprint density at radius 1 is 1.31 bits per heavy atom. The molecule has 0 saturated heterocycles. The quantitative estimate of drug-likeness (QED) is 0.840. The molecule has 0 heterocycles. The summed E-state index contributed by atoms with van der Waals surface area (Å²) >= 11 is 0. The maximum Gasteiger partial charge on any atom is 0.310 e. The average molecular weight is 214 g/mol. The molecule has 0 aromatic heterocycles. The predicted molar refractivity (Wildman–Crippen MR) is 63.1 cm³/mol. The number of benzene rings is 1. The van der Waals surface area contributed by atoms with E-state index in [1.165, 1.54) is 0 Å². The number of hydrogen-bond acceptors (Lipinski definition) is 1. The van der Waals surface area contributed by atoms with E-state index in [-0.39, 0.29) is 5.92 Å². The summed E-state index contributed by atoms with van der Waals surface area (Å²) < 4.78 is 0. The Morgan fingerprint density at radius 2 is 2.06 bits per heavy atom. The Bertz CT molecular complexity index is 429. The third-order valence-electron chi connectivity index (χ3n) is 2.81. The van der Waals surface area contributed by atoms with Gasteiger partial charge in [0.15, 0.2) is 0 Å². The van der Waals surface area contributed by atoms with Crippen molar-refractivity contribution in [1.82, 2.24) is 0 Å². The van der Waals surface area contributed by atoms with Crippen molar-refractivity contribution in [3.8, 4) is 0 Å². The molecule has 2 nitrogen and oxygen atoms in total. The third kappa shape index (κ3) is 2.40. The van der Waals surface area contributed by atoms with E-state index in [9.17, 15) is 4.79 Å². The molecule has 0 radical (unpaired) electrons. The first-order valence-corrected chi connectivity index (χ1v) is 5.39. The van der Waals surface area contributed by atoms with Gasteiger partial charge in [0, 0.05) is 0 Å². The molecule has 82 valence electrons. The number of carbonyl (C=O) groups is 1. The second-order valence-corrected chi connectivity index (χ2v) is 3.96. The minimum absolute atomic E-state index is 0.356. The lowest BCUT2D eigenvalue weighted by molar-refractivity contribution is -0.140. The number of rotatable bonds is 3. The molecule has 1 unspecified atom stereocenters. The summed E-state index contributed by atoms with van der Waals surface area (Å²) in [7, 11) is 0. The van der Waals surface area contributed by atoms with Crippen molar-refractivity contribution in [1.29, 1.82) is 0 Å². The standard InChI is InChI=1S/C14H14O2/c15-14(16)13-9-5-4-8-12(13)10-11-6-2-1-3-7-11/h1-8,13H,9-10H2,(H,15,16). The average Bonchev–Trinajstić information content (AvgIpc) is 2.31. The Kier molecular flexibility index (Phi) is 3.20. The van der Waals surface area contributed by atoms with Crippen LogP contribution in [0.25, 0.3) is 0 Å². The van der Waals surface area contributed by atoms with E-state index in [2.05, 4.69) is 0 Å². The van der Waals surface area contributed by atoms with Gasteiger partial charge in [-0.05, 0) is 18.4 Å². The largest absolute Gasteiger partial charge is 0.481 e. The molecule has 1 atom stereocenters. The van der Waals surface area contributed by atoms with Gasteiger partial charge in [-0.3, -0.25) is 4.79 Å². The molecule has 2 rings (SSSR count). The molecule has 0 saturated carbocycles. The van der Waals surface area contributed by atoms with E-state index < -0.39 is 5.97 Å². The van der Waals surface area contributed by atoms with Crippen molar-refractivity contribution in [2.75, 3.05) is 0 Å². The van der Waals surface area contributed by atoms with Crippen molar-refractivity contribution < 1.29 is 9.90 Å². The maximum absolute atomic E-state index is 11.1. The summed E-state index contributed by atoms with van der Waals surface area (Å²) in [6, 6.07) is 9.97. The molecule has 0 fully saturated rings. The Labute approximate surface area is 94.9 Å². The van der Waals surface area contributed by atoms with Crippen LogP contribution in [-0.2, 0) is 11.2 Å². The van der Waals surface area contributed by atoms with Crippen LogP contribution < -0.4 is 0 Å². The van der Waals surface area contributed by atoms with Gasteiger partial charge >= 0.3 is 5.97 Å². The summed E-state index contributed by atoms with van der Waals surface area (Å²) in [5, 5.41) is 9.11. The van der Waals surface area contributed by atoms with Crippen LogP contribution in [0.15, 0.2) is 54.1 Å². The number of allylic oxidation sites excluding steroid dienone is 3. The minimum atomic E-state index is -0.730. The topological polar surface area (TPSA) is 37.3 Å². The van der Waals surface area contributed by atoms with Crippen LogP contribution in [-0.4, -0.2) is 11.1 Å².